The second-order valence-electron chi connectivity index (χ2n) is 10.4. The Bertz CT molecular complexity index is 1390. The van der Waals surface area contributed by atoms with Gasteiger partial charge in [-0.15, -0.1) is 11.3 Å². The molecule has 1 amide bonds. The van der Waals surface area contributed by atoms with Gasteiger partial charge in [0.2, 0.25) is 5.91 Å². The third-order valence-electron chi connectivity index (χ3n) is 7.89. The number of rotatable bonds is 4. The summed E-state index contributed by atoms with van der Waals surface area (Å²) in [4.78, 5) is 25.5. The fourth-order valence-electron chi connectivity index (χ4n) is 5.80. The zero-order chi connectivity index (χ0) is 26.5. The summed E-state index contributed by atoms with van der Waals surface area (Å²) in [5.41, 5.74) is 3.25. The lowest BCUT2D eigenvalue weighted by Crippen LogP contribution is -2.40. The molecule has 3 aromatic rings. The summed E-state index contributed by atoms with van der Waals surface area (Å²) in [6, 6.07) is 9.42. The van der Waals surface area contributed by atoms with Crippen LogP contribution in [0.3, 0.4) is 0 Å². The third kappa shape index (κ3) is 4.61. The largest absolute Gasteiger partial charge is 0.435 e. The average molecular weight is 544 g/mol. The first-order valence-electron chi connectivity index (χ1n) is 12.9. The van der Waals surface area contributed by atoms with Gasteiger partial charge in [0, 0.05) is 42.1 Å². The second-order valence-corrected chi connectivity index (χ2v) is 11.3. The highest BCUT2D eigenvalue weighted by Gasteiger charge is 2.44. The van der Waals surface area contributed by atoms with E-state index < -0.39 is 17.5 Å². The van der Waals surface area contributed by atoms with Crippen molar-refractivity contribution in [3.05, 3.63) is 68.9 Å². The summed E-state index contributed by atoms with van der Waals surface area (Å²) < 4.78 is 40.0. The highest BCUT2D eigenvalue weighted by Crippen LogP contribution is 2.45. The lowest BCUT2D eigenvalue weighted by molar-refractivity contribution is -0.142. The first kappa shape index (κ1) is 25.1. The van der Waals surface area contributed by atoms with Gasteiger partial charge in [-0.2, -0.15) is 18.3 Å². The van der Waals surface area contributed by atoms with Crippen molar-refractivity contribution in [2.75, 3.05) is 13.1 Å². The van der Waals surface area contributed by atoms with Gasteiger partial charge >= 0.3 is 6.18 Å². The SMILES string of the molecule is Cc1cc(C(F)(F)F)nn1CC(=O)N1CCC(c2nc(C3=NO[C@]4(CCCc5ccccc54)C3)cs2)CC1. The molecule has 1 fully saturated rings. The molecule has 1 aliphatic carbocycles. The number of carbonyl (C=O) groups is 1. The average Bonchev–Trinajstić information content (AvgIpc) is 3.64. The number of amides is 1. The topological polar surface area (TPSA) is 72.6 Å². The summed E-state index contributed by atoms with van der Waals surface area (Å²) in [5, 5.41) is 11.1. The molecule has 2 aliphatic heterocycles. The molecule has 6 rings (SSSR count). The van der Waals surface area contributed by atoms with Gasteiger partial charge in [-0.25, -0.2) is 4.98 Å². The smallest absolute Gasteiger partial charge is 0.384 e. The number of fused-ring (bicyclic) bond motifs is 2. The van der Waals surface area contributed by atoms with Crippen LogP contribution in [-0.2, 0) is 34.4 Å². The highest BCUT2D eigenvalue weighted by atomic mass is 32.1. The Morgan fingerprint density at radius 1 is 1.24 bits per heavy atom. The van der Waals surface area contributed by atoms with E-state index in [-0.39, 0.29) is 18.4 Å². The molecule has 11 heteroatoms. The third-order valence-corrected chi connectivity index (χ3v) is 8.90. The highest BCUT2D eigenvalue weighted by molar-refractivity contribution is 7.10. The van der Waals surface area contributed by atoms with E-state index in [1.807, 2.05) is 5.38 Å². The maximum atomic E-state index is 12.9. The van der Waals surface area contributed by atoms with Gasteiger partial charge < -0.3 is 9.74 Å². The molecule has 1 spiro atoms. The number of oxime groups is 1. The molecule has 200 valence electrons. The van der Waals surface area contributed by atoms with Crippen LogP contribution in [0.2, 0.25) is 0 Å². The van der Waals surface area contributed by atoms with Crippen LogP contribution in [-0.4, -0.2) is 44.4 Å². The van der Waals surface area contributed by atoms with E-state index in [9.17, 15) is 18.0 Å². The summed E-state index contributed by atoms with van der Waals surface area (Å²) in [7, 11) is 0. The summed E-state index contributed by atoms with van der Waals surface area (Å²) >= 11 is 1.61. The van der Waals surface area contributed by atoms with Crippen molar-refractivity contribution in [1.29, 1.82) is 0 Å². The summed E-state index contributed by atoms with van der Waals surface area (Å²) in [6.07, 6.45) is 0.772. The van der Waals surface area contributed by atoms with Gasteiger partial charge in [-0.05, 0) is 50.7 Å². The molecule has 3 aliphatic rings. The van der Waals surface area contributed by atoms with Gasteiger partial charge in [-0.1, -0.05) is 29.4 Å². The molecular weight excluding hydrogens is 515 g/mol. The molecule has 2 aromatic heterocycles. The van der Waals surface area contributed by atoms with Crippen LogP contribution >= 0.6 is 11.3 Å². The van der Waals surface area contributed by atoms with Crippen molar-refractivity contribution in [1.82, 2.24) is 19.7 Å². The number of halogens is 3. The molecule has 0 saturated carbocycles. The van der Waals surface area contributed by atoms with E-state index in [1.165, 1.54) is 18.1 Å². The minimum Gasteiger partial charge on any atom is -0.384 e. The van der Waals surface area contributed by atoms with Gasteiger partial charge in [-0.3, -0.25) is 9.48 Å². The number of benzene rings is 1. The molecule has 38 heavy (non-hydrogen) atoms. The van der Waals surface area contributed by atoms with Crippen LogP contribution in [0.1, 0.15) is 71.2 Å². The number of alkyl halides is 3. The number of likely N-dealkylation sites (tertiary alicyclic amines) is 1. The maximum absolute atomic E-state index is 12.9. The Balaban J connectivity index is 1.06. The predicted molar refractivity (Wildman–Crippen MR) is 136 cm³/mol. The molecule has 7 nitrogen and oxygen atoms in total. The number of hydrogen-bond acceptors (Lipinski definition) is 6. The Hall–Kier alpha value is -3.21. The van der Waals surface area contributed by atoms with Crippen molar-refractivity contribution in [3.63, 3.8) is 0 Å². The first-order chi connectivity index (χ1) is 18.2. The van der Waals surface area contributed by atoms with Gasteiger partial charge in [0.1, 0.15) is 12.3 Å². The lowest BCUT2D eigenvalue weighted by Gasteiger charge is -2.33. The molecule has 0 N–H and O–H groups in total. The minimum absolute atomic E-state index is 0.196. The quantitative estimate of drug-likeness (QED) is 0.440. The molecule has 1 atom stereocenters. The number of nitrogens with zero attached hydrogens (tertiary/aromatic N) is 5. The van der Waals surface area contributed by atoms with Crippen molar-refractivity contribution < 1.29 is 22.8 Å². The van der Waals surface area contributed by atoms with Crippen LogP contribution < -0.4 is 0 Å². The van der Waals surface area contributed by atoms with Crippen molar-refractivity contribution in [3.8, 4) is 0 Å². The summed E-state index contributed by atoms with van der Waals surface area (Å²) in [6.45, 7) is 2.40. The number of aryl methyl sites for hydroxylation is 2. The standard InChI is InChI=1S/C27H28F3N5O2S/c1-17-13-23(27(28,29)30)32-35(17)15-24(36)34-11-8-19(9-12-34)25-31-22(16-38-25)21-14-26(37-33-21)10-4-6-18-5-2-3-7-20(18)26/h2-3,5,7,13,16,19H,4,6,8-12,14-15H2,1H3/t26-/m1/s1. The van der Waals surface area contributed by atoms with Gasteiger partial charge in [0.15, 0.2) is 11.3 Å². The van der Waals surface area contributed by atoms with Crippen LogP contribution in [0.4, 0.5) is 13.2 Å². The van der Waals surface area contributed by atoms with E-state index in [1.54, 1.807) is 16.2 Å². The van der Waals surface area contributed by atoms with E-state index in [0.29, 0.717) is 25.2 Å². The molecule has 0 bridgehead atoms. The van der Waals surface area contributed by atoms with E-state index in [2.05, 4.69) is 34.5 Å². The number of thiazole rings is 1. The second kappa shape index (κ2) is 9.52. The van der Waals surface area contributed by atoms with E-state index >= 15 is 0 Å². The number of aromatic nitrogens is 3. The monoisotopic (exact) mass is 543 g/mol. The fourth-order valence-corrected chi connectivity index (χ4v) is 6.80. The van der Waals surface area contributed by atoms with Crippen molar-refractivity contribution in [2.24, 2.45) is 5.16 Å². The molecule has 1 saturated heterocycles. The lowest BCUT2D eigenvalue weighted by atomic mass is 9.76. The Morgan fingerprint density at radius 2 is 2.03 bits per heavy atom. The molecule has 0 unspecified atom stereocenters. The van der Waals surface area contributed by atoms with Crippen molar-refractivity contribution >= 4 is 23.0 Å². The minimum atomic E-state index is -4.53. The normalized spacial score (nSPS) is 21.9. The van der Waals surface area contributed by atoms with Gasteiger partial charge in [0.05, 0.1) is 10.7 Å². The zero-order valence-electron chi connectivity index (χ0n) is 21.0. The van der Waals surface area contributed by atoms with E-state index in [4.69, 9.17) is 9.82 Å². The van der Waals surface area contributed by atoms with Crippen LogP contribution in [0.25, 0.3) is 0 Å². The van der Waals surface area contributed by atoms with Gasteiger partial charge in [0.25, 0.3) is 0 Å². The van der Waals surface area contributed by atoms with E-state index in [0.717, 1.165) is 59.3 Å². The Labute approximate surface area is 222 Å². The first-order valence-corrected chi connectivity index (χ1v) is 13.8. The Morgan fingerprint density at radius 3 is 2.79 bits per heavy atom. The fraction of sp³-hybridized carbons (Fsp3) is 0.481. The predicted octanol–water partition coefficient (Wildman–Crippen LogP) is 5.43. The molecular formula is C27H28F3N5O2S. The number of carbonyl (C=O) groups excluding carboxylic acids is 1. The van der Waals surface area contributed by atoms with Crippen LogP contribution in [0.5, 0.6) is 0 Å². The van der Waals surface area contributed by atoms with Crippen LogP contribution in [0.15, 0.2) is 40.9 Å². The van der Waals surface area contributed by atoms with Crippen LogP contribution in [0, 0.1) is 6.92 Å². The molecule has 0 radical (unpaired) electrons. The number of hydrogen-bond donors (Lipinski definition) is 0. The summed E-state index contributed by atoms with van der Waals surface area (Å²) in [5.74, 6) is 0.00656. The van der Waals surface area contributed by atoms with Crippen molar-refractivity contribution in [2.45, 2.75) is 69.7 Å². The maximum Gasteiger partial charge on any atom is 0.435 e. The zero-order valence-corrected chi connectivity index (χ0v) is 21.8. The molecule has 4 heterocycles. The Kier molecular flexibility index (Phi) is 6.28. The number of piperidine rings is 1. The molecule has 1 aromatic carbocycles.